The largest absolute Gasteiger partial charge is 0.389 e. The van der Waals surface area contributed by atoms with Gasteiger partial charge in [0, 0.05) is 12.6 Å². The first-order valence-electron chi connectivity index (χ1n) is 7.01. The Balaban J connectivity index is 2.09. The van der Waals surface area contributed by atoms with Crippen molar-refractivity contribution in [1.82, 2.24) is 14.5 Å². The van der Waals surface area contributed by atoms with Crippen LogP contribution in [0.25, 0.3) is 11.0 Å². The van der Waals surface area contributed by atoms with Crippen molar-refractivity contribution in [3.05, 3.63) is 17.5 Å². The Morgan fingerprint density at radius 2 is 2.52 bits per heavy atom. The van der Waals surface area contributed by atoms with E-state index in [1.165, 1.54) is 0 Å². The van der Waals surface area contributed by atoms with Crippen LogP contribution in [0.4, 0.5) is 5.82 Å². The molecule has 7 heteroatoms. The van der Waals surface area contributed by atoms with Gasteiger partial charge in [0.1, 0.15) is 17.7 Å². The van der Waals surface area contributed by atoms with E-state index in [1.54, 1.807) is 23.8 Å². The van der Waals surface area contributed by atoms with Crippen LogP contribution in [0.5, 0.6) is 0 Å². The second-order valence-corrected chi connectivity index (χ2v) is 5.22. The van der Waals surface area contributed by atoms with E-state index in [0.717, 1.165) is 0 Å². The summed E-state index contributed by atoms with van der Waals surface area (Å²) in [4.78, 5) is 8.04. The molecule has 2 unspecified atom stereocenters. The molecule has 0 radical (unpaired) electrons. The fraction of sp³-hybridized carbons (Fsp3) is 0.429. The Bertz CT molecular complexity index is 785. The lowest BCUT2D eigenvalue weighted by atomic mass is 9.95. The number of nitrogens with two attached hydrogens (primary N) is 1. The van der Waals surface area contributed by atoms with Gasteiger partial charge in [0.05, 0.1) is 12.8 Å². The molecule has 2 aromatic rings. The summed E-state index contributed by atoms with van der Waals surface area (Å²) in [5.41, 5.74) is 4.93. The first-order valence-corrected chi connectivity index (χ1v) is 6.89. The lowest BCUT2D eigenvalue weighted by Crippen LogP contribution is -2.36. The molecular formula is C14H15ClN4O2. The summed E-state index contributed by atoms with van der Waals surface area (Å²) in [5, 5.41) is 11.0. The molecule has 1 aliphatic heterocycles. The first-order chi connectivity index (χ1) is 10.3. The van der Waals surface area contributed by atoms with Gasteiger partial charge in [-0.05, 0) is 24.1 Å². The number of nitrogen functional groups attached to an aromatic ring is 1. The summed E-state index contributed by atoms with van der Waals surface area (Å²) < 4.78 is 15.6. The molecule has 21 heavy (non-hydrogen) atoms. The number of aromatic nitrogens is 3. The van der Waals surface area contributed by atoms with Crippen molar-refractivity contribution in [3.8, 4) is 12.3 Å². The van der Waals surface area contributed by atoms with E-state index in [2.05, 4.69) is 15.9 Å². The monoisotopic (exact) mass is 307 g/mol. The summed E-state index contributed by atoms with van der Waals surface area (Å²) >= 11 is 5.85. The van der Waals surface area contributed by atoms with Gasteiger partial charge in [-0.2, -0.15) is 4.98 Å². The van der Waals surface area contributed by atoms with E-state index in [9.17, 15) is 5.11 Å². The Labute approximate surface area is 128 Å². The minimum atomic E-state index is -1.89. The quantitative estimate of drug-likeness (QED) is 0.652. The van der Waals surface area contributed by atoms with Crippen molar-refractivity contribution >= 4 is 28.5 Å². The van der Waals surface area contributed by atoms with Gasteiger partial charge in [-0.25, -0.2) is 4.98 Å². The van der Waals surface area contributed by atoms with Crippen LogP contribution in [0.2, 0.25) is 5.28 Å². The van der Waals surface area contributed by atoms with Crippen molar-refractivity contribution in [1.29, 1.82) is 0 Å². The standard InChI is InChI=1S/C14H15ClN4O2/c1-3-14(4-2)9(20)7-10(21-14)19-6-5-8-11(16)17-13(15)18-12(8)19/h1,5-6,9-10,20H,4,7H2,2H3,(H2,16,17,18)/t9?,10?,14-/m1/s1/i9D. The summed E-state index contributed by atoms with van der Waals surface area (Å²) in [6, 6.07) is 1.73. The van der Waals surface area contributed by atoms with E-state index >= 15 is 0 Å². The van der Waals surface area contributed by atoms with Crippen molar-refractivity contribution in [2.75, 3.05) is 5.73 Å². The fourth-order valence-electron chi connectivity index (χ4n) is 2.60. The summed E-state index contributed by atoms with van der Waals surface area (Å²) in [5.74, 6) is 2.68. The molecule has 0 amide bonds. The molecule has 0 aliphatic carbocycles. The maximum absolute atomic E-state index is 10.4. The third-order valence-electron chi connectivity index (χ3n) is 3.79. The molecule has 0 spiro atoms. The van der Waals surface area contributed by atoms with E-state index < -0.39 is 17.9 Å². The number of hydrogen-bond donors (Lipinski definition) is 2. The van der Waals surface area contributed by atoms with Gasteiger partial charge in [-0.3, -0.25) is 0 Å². The van der Waals surface area contributed by atoms with Crippen LogP contribution < -0.4 is 5.73 Å². The van der Waals surface area contributed by atoms with E-state index in [1.807, 2.05) is 0 Å². The molecule has 1 aliphatic rings. The molecule has 1 fully saturated rings. The summed E-state index contributed by atoms with van der Waals surface area (Å²) in [6.07, 6.45) is 5.00. The van der Waals surface area contributed by atoms with Crippen LogP contribution in [0.15, 0.2) is 12.3 Å². The SMILES string of the molecule is [2H]C1(O)CC(n2ccc3c(N)nc(Cl)nc32)O[C@]1(C#C)CC. The van der Waals surface area contributed by atoms with Gasteiger partial charge < -0.3 is 20.1 Å². The topological polar surface area (TPSA) is 86.2 Å². The summed E-state index contributed by atoms with van der Waals surface area (Å²) in [6.45, 7) is 1.77. The molecule has 3 heterocycles. The Kier molecular flexibility index (Phi) is 3.00. The molecule has 0 bridgehead atoms. The van der Waals surface area contributed by atoms with Crippen LogP contribution in [0.1, 0.15) is 27.4 Å². The Morgan fingerprint density at radius 1 is 1.76 bits per heavy atom. The number of fused-ring (bicyclic) bond motifs is 1. The molecule has 0 saturated carbocycles. The zero-order chi connectivity index (χ0) is 16.1. The molecular weight excluding hydrogens is 292 g/mol. The van der Waals surface area contributed by atoms with Crippen molar-refractivity contribution in [3.63, 3.8) is 0 Å². The number of terminal acetylenes is 1. The highest BCUT2D eigenvalue weighted by Crippen LogP contribution is 2.40. The predicted octanol–water partition coefficient (Wildman–Crippen LogP) is 1.73. The molecule has 1 saturated heterocycles. The van der Waals surface area contributed by atoms with Crippen LogP contribution in [-0.2, 0) is 4.74 Å². The van der Waals surface area contributed by atoms with Gasteiger partial charge in [0.15, 0.2) is 5.60 Å². The highest BCUT2D eigenvalue weighted by Gasteiger charge is 2.46. The second kappa shape index (κ2) is 4.88. The maximum atomic E-state index is 10.4. The zero-order valence-corrected chi connectivity index (χ0v) is 12.1. The smallest absolute Gasteiger partial charge is 0.226 e. The molecule has 3 rings (SSSR count). The molecule has 2 aromatic heterocycles. The highest BCUT2D eigenvalue weighted by molar-refractivity contribution is 6.28. The molecule has 6 nitrogen and oxygen atoms in total. The fourth-order valence-corrected chi connectivity index (χ4v) is 2.77. The number of halogens is 1. The lowest BCUT2D eigenvalue weighted by molar-refractivity contribution is -0.0646. The van der Waals surface area contributed by atoms with Crippen LogP contribution >= 0.6 is 11.6 Å². The van der Waals surface area contributed by atoms with Crippen LogP contribution in [-0.4, -0.2) is 31.3 Å². The van der Waals surface area contributed by atoms with Crippen molar-refractivity contribution < 1.29 is 11.2 Å². The van der Waals surface area contributed by atoms with Crippen molar-refractivity contribution in [2.45, 2.75) is 37.7 Å². The first kappa shape index (κ1) is 12.9. The molecule has 110 valence electrons. The normalized spacial score (nSPS) is 33.0. The molecule has 0 aromatic carbocycles. The Morgan fingerprint density at radius 3 is 3.14 bits per heavy atom. The average Bonchev–Trinajstić information content (AvgIpc) is 2.97. The summed E-state index contributed by atoms with van der Waals surface area (Å²) in [7, 11) is 0. The number of aliphatic hydroxyl groups is 1. The predicted molar refractivity (Wildman–Crippen MR) is 79.6 cm³/mol. The van der Waals surface area contributed by atoms with E-state index in [4.69, 9.17) is 29.9 Å². The maximum Gasteiger partial charge on any atom is 0.226 e. The number of anilines is 1. The molecule has 3 N–H and O–H groups in total. The van der Waals surface area contributed by atoms with E-state index in [-0.39, 0.29) is 17.5 Å². The van der Waals surface area contributed by atoms with Crippen LogP contribution in [0.3, 0.4) is 0 Å². The van der Waals surface area contributed by atoms with Crippen LogP contribution in [0, 0.1) is 12.3 Å². The average molecular weight is 308 g/mol. The van der Waals surface area contributed by atoms with Gasteiger partial charge >= 0.3 is 0 Å². The third-order valence-corrected chi connectivity index (χ3v) is 3.96. The van der Waals surface area contributed by atoms with Gasteiger partial charge in [-0.1, -0.05) is 12.8 Å². The number of hydrogen-bond acceptors (Lipinski definition) is 5. The molecule has 3 atom stereocenters. The minimum absolute atomic E-state index is 0.0103. The van der Waals surface area contributed by atoms with Gasteiger partial charge in [0.25, 0.3) is 0 Å². The van der Waals surface area contributed by atoms with Crippen molar-refractivity contribution in [2.24, 2.45) is 0 Å². The van der Waals surface area contributed by atoms with Gasteiger partial charge in [-0.15, -0.1) is 6.42 Å². The third kappa shape index (κ3) is 2.05. The van der Waals surface area contributed by atoms with Gasteiger partial charge in [0.2, 0.25) is 5.28 Å². The lowest BCUT2D eigenvalue weighted by Gasteiger charge is -2.24. The zero-order valence-electron chi connectivity index (χ0n) is 12.4. The Hall–Kier alpha value is -1.81. The number of nitrogens with zero attached hydrogens (tertiary/aromatic N) is 3. The number of rotatable bonds is 2. The highest BCUT2D eigenvalue weighted by atomic mass is 35.5. The minimum Gasteiger partial charge on any atom is -0.389 e. The second-order valence-electron chi connectivity index (χ2n) is 4.89. The number of ether oxygens (including phenoxy) is 1. The van der Waals surface area contributed by atoms with E-state index in [0.29, 0.717) is 17.5 Å².